The first-order valence-electron chi connectivity index (χ1n) is 22.1. The fraction of sp³-hybridized carbons (Fsp3) is 0.514. The van der Waals surface area contributed by atoms with E-state index in [0.717, 1.165) is 15.2 Å². The van der Waals surface area contributed by atoms with E-state index in [0.29, 0.717) is 28.9 Å². The zero-order chi connectivity index (χ0) is 54.0. The minimum atomic E-state index is -4.45. The summed E-state index contributed by atoms with van der Waals surface area (Å²) in [5.41, 5.74) is 10.5. The van der Waals surface area contributed by atoms with Gasteiger partial charge in [-0.25, -0.2) is 39.5 Å². The molecule has 75 heavy (non-hydrogen) atoms. The predicted octanol–water partition coefficient (Wildman–Crippen LogP) is -3.43. The molecule has 408 valence electrons. The van der Waals surface area contributed by atoms with Crippen LogP contribution in [0.4, 0.5) is 11.6 Å². The summed E-state index contributed by atoms with van der Waals surface area (Å²) in [4.78, 5) is 121. The first kappa shape index (κ1) is 56.2. The quantitative estimate of drug-likeness (QED) is 0.0289. The van der Waals surface area contributed by atoms with Crippen molar-refractivity contribution in [1.82, 2.24) is 58.1 Å². The van der Waals surface area contributed by atoms with Gasteiger partial charge in [0.1, 0.15) is 80.5 Å². The van der Waals surface area contributed by atoms with Gasteiger partial charge in [0.2, 0.25) is 0 Å². The molecule has 11 atom stereocenters. The Morgan fingerprint density at radius 3 is 1.99 bits per heavy atom. The van der Waals surface area contributed by atoms with Gasteiger partial charge in [-0.1, -0.05) is 23.6 Å². The predicted molar refractivity (Wildman–Crippen MR) is 259 cm³/mol. The van der Waals surface area contributed by atoms with Crippen molar-refractivity contribution in [2.75, 3.05) is 44.2 Å². The number of nitrogens with two attached hydrogens (primary N) is 2. The number of nitrogens with zero attached hydrogens (tertiary/aromatic N) is 10. The lowest BCUT2D eigenvalue weighted by Gasteiger charge is -2.35. The second-order valence-corrected chi connectivity index (χ2v) is 23.8. The molecule has 3 aliphatic rings. The first-order chi connectivity index (χ1) is 35.5. The van der Waals surface area contributed by atoms with Gasteiger partial charge >= 0.3 is 19.0 Å². The maximum atomic E-state index is 13.6. The highest BCUT2D eigenvalue weighted by Crippen LogP contribution is 2.49. The summed E-state index contributed by atoms with van der Waals surface area (Å²) in [6.45, 7) is -8.65. The molecule has 38 heteroatoms. The number of fused-ring (bicyclic) bond motifs is 2. The van der Waals surface area contributed by atoms with Gasteiger partial charge in [-0.05, 0) is 6.92 Å². The molecule has 9 rings (SSSR count). The highest BCUT2D eigenvalue weighted by Gasteiger charge is 2.43. The molecule has 33 nitrogen and oxygen atoms in total. The van der Waals surface area contributed by atoms with E-state index in [-0.39, 0.29) is 43.1 Å². The van der Waals surface area contributed by atoms with Crippen LogP contribution in [0.15, 0.2) is 62.9 Å². The van der Waals surface area contributed by atoms with E-state index >= 15 is 0 Å². The van der Waals surface area contributed by atoms with Crippen LogP contribution in [0.2, 0.25) is 0 Å². The third-order valence-electron chi connectivity index (χ3n) is 11.5. The maximum Gasteiger partial charge on any atom is 0.350 e. The van der Waals surface area contributed by atoms with Crippen molar-refractivity contribution in [1.29, 1.82) is 0 Å². The van der Waals surface area contributed by atoms with Crippen molar-refractivity contribution in [3.8, 4) is 0 Å². The van der Waals surface area contributed by atoms with Crippen molar-refractivity contribution in [2.45, 2.75) is 88.0 Å². The summed E-state index contributed by atoms with van der Waals surface area (Å²) in [5, 5.41) is 20.7. The van der Waals surface area contributed by atoms with Crippen LogP contribution in [0.5, 0.6) is 0 Å². The number of aliphatic hydroxyl groups excluding tert-OH is 2. The summed E-state index contributed by atoms with van der Waals surface area (Å²) in [6, 6.07) is 1.09. The molecule has 2 unspecified atom stereocenters. The molecule has 0 saturated carbocycles. The minimum Gasteiger partial charge on any atom is -0.780 e. The van der Waals surface area contributed by atoms with Gasteiger partial charge in [0, 0.05) is 49.8 Å². The number of ether oxygens (including phenoxy) is 4. The SMILES string of the molecule is Cc1cn([C@H]2C[C@H](OP([O-])(=S)OC[C@H]3O[C@@H](n4cnc5c(N)ncnc54)C[C@@H]3O)[C@@H](COP([O-])(=S)O[C@H]3C[C@H](n4ccc(=O)[nH]c4=O)O[C@@H]3CO)O2)c(=O)[nH]c1=O.Nc1ncnc2c1ncn2CCOCP(=O)(O)O. The van der Waals surface area contributed by atoms with E-state index in [1.165, 1.54) is 44.6 Å². The van der Waals surface area contributed by atoms with Crippen LogP contribution in [0.25, 0.3) is 22.3 Å². The molecule has 0 spiro atoms. The molecule has 6 aromatic heterocycles. The second-order valence-electron chi connectivity index (χ2n) is 16.8. The number of nitrogen functional groups attached to an aromatic ring is 2. The average molecular weight is 1150 g/mol. The van der Waals surface area contributed by atoms with E-state index in [4.69, 9.17) is 81.9 Å². The van der Waals surface area contributed by atoms with Gasteiger partial charge in [-0.2, -0.15) is 0 Å². The smallest absolute Gasteiger partial charge is 0.350 e. The average Bonchev–Trinajstić information content (AvgIpc) is 4.19. The lowest BCUT2D eigenvalue weighted by Crippen LogP contribution is -2.34. The van der Waals surface area contributed by atoms with Crippen LogP contribution in [0, 0.1) is 6.92 Å². The zero-order valence-corrected chi connectivity index (χ0v) is 43.1. The standard InChI is InChI=1S/C29H37N9O15P2S2.C8H12N5O4P/c1-13-7-37(29(44)35-27(13)42)23-6-16(53-54(45,56)47-9-18-14(40)4-21(50-18)38-12-33-24-25(30)31-11-32-26(24)38)19(51-23)10-48-55(46,57)52-15-5-22(49-17(15)8-39)36-3-2-20(41)34-28(36)43;9-7-6-8(11-3-10-7)13(4-12-6)1-2-17-5-18(14,15)16/h2-3,7,11-12,14-19,21-23,39-40H,4-6,8-10H2,1H3,(H,45,56)(H,46,57)(H2,30,31,32)(H,34,41,43)(H,35,42,44);3-4H,1-2,5H2,(H2,9,10,11)(H2,14,15,16)/p-2/t14-,15-,16-,17+,18+,19+,21+,22+,23+,54?,55?;/m0./s1. The molecule has 0 radical (unpaired) electrons. The molecule has 6 aromatic rings. The highest BCUT2D eigenvalue weighted by atomic mass is 32.5. The molecular weight excluding hydrogens is 1100 g/mol. The van der Waals surface area contributed by atoms with Crippen LogP contribution in [0.1, 0.15) is 43.5 Å². The number of hydrogen-bond acceptors (Lipinski definition) is 27. The molecule has 0 aromatic carbocycles. The number of H-pyrrole nitrogens is 2. The molecule has 10 N–H and O–H groups in total. The maximum absolute atomic E-state index is 13.6. The van der Waals surface area contributed by atoms with Gasteiger partial charge in [-0.3, -0.25) is 37.8 Å². The third-order valence-corrected chi connectivity index (χ3v) is 15.2. The summed E-state index contributed by atoms with van der Waals surface area (Å²) >= 11 is 10.3. The fourth-order valence-corrected chi connectivity index (χ4v) is 11.3. The Bertz CT molecular complexity index is 3410. The number of anilines is 2. The van der Waals surface area contributed by atoms with Crippen LogP contribution < -0.4 is 43.8 Å². The number of aromatic nitrogens is 12. The number of rotatable bonds is 19. The monoisotopic (exact) mass is 1150 g/mol. The molecule has 3 aliphatic heterocycles. The molecular formula is C37H47N14O19P3S2-2. The Balaban J connectivity index is 0.000000349. The van der Waals surface area contributed by atoms with E-state index in [9.17, 15) is 43.7 Å². The fourth-order valence-electron chi connectivity index (χ4n) is 7.98. The van der Waals surface area contributed by atoms with Crippen molar-refractivity contribution >= 4 is 78.6 Å². The lowest BCUT2D eigenvalue weighted by molar-refractivity contribution is -0.219. The number of aliphatic hydroxyl groups is 2. The van der Waals surface area contributed by atoms with Gasteiger partial charge < -0.3 is 82.9 Å². The Morgan fingerprint density at radius 1 is 0.773 bits per heavy atom. The number of imidazole rings is 2. The normalized spacial score (nSPS) is 25.6. The summed E-state index contributed by atoms with van der Waals surface area (Å²) in [5.74, 6) is 0.442. The lowest BCUT2D eigenvalue weighted by atomic mass is 10.2. The zero-order valence-electron chi connectivity index (χ0n) is 38.8. The molecule has 3 fully saturated rings. The number of nitrogens with one attached hydrogen (secondary N) is 2. The summed E-state index contributed by atoms with van der Waals surface area (Å²) < 4.78 is 60.7. The van der Waals surface area contributed by atoms with Crippen LogP contribution in [-0.2, 0) is 71.8 Å². The van der Waals surface area contributed by atoms with Crippen molar-refractivity contribution in [3.05, 3.63) is 91.0 Å². The number of aromatic amines is 2. The Hall–Kier alpha value is -4.97. The topological polar surface area (TPSA) is 467 Å². The van der Waals surface area contributed by atoms with E-state index in [1.807, 2.05) is 0 Å². The molecule has 9 heterocycles. The van der Waals surface area contributed by atoms with Crippen molar-refractivity contribution in [2.24, 2.45) is 0 Å². The summed E-state index contributed by atoms with van der Waals surface area (Å²) in [7, 11) is -4.12. The van der Waals surface area contributed by atoms with E-state index in [2.05, 4.69) is 39.9 Å². The minimum absolute atomic E-state index is 0.0818. The highest BCUT2D eigenvalue weighted by molar-refractivity contribution is 8.06. The van der Waals surface area contributed by atoms with Gasteiger partial charge in [-0.15, -0.1) is 0 Å². The van der Waals surface area contributed by atoms with Crippen molar-refractivity contribution in [3.63, 3.8) is 0 Å². The molecule has 3 saturated heterocycles. The van der Waals surface area contributed by atoms with E-state index < -0.39 is 125 Å². The largest absolute Gasteiger partial charge is 0.780 e. The summed E-state index contributed by atoms with van der Waals surface area (Å²) in [6.07, 6.45) is -2.66. The number of hydrogen-bond donors (Lipinski definition) is 8. The number of aryl methyl sites for hydroxylation is 1. The molecule has 0 aliphatic carbocycles. The molecule has 0 amide bonds. The Kier molecular flexibility index (Phi) is 17.5. The van der Waals surface area contributed by atoms with Gasteiger partial charge in [0.25, 0.3) is 11.1 Å². The third kappa shape index (κ3) is 13.8. The van der Waals surface area contributed by atoms with Gasteiger partial charge in [0.15, 0.2) is 22.9 Å². The second kappa shape index (κ2) is 23.3. The first-order valence-corrected chi connectivity index (χ1v) is 29.0. The van der Waals surface area contributed by atoms with Crippen LogP contribution in [0.3, 0.4) is 0 Å². The van der Waals surface area contributed by atoms with Crippen molar-refractivity contribution < 1.29 is 71.4 Å². The molecule has 0 bridgehead atoms. The van der Waals surface area contributed by atoms with Crippen LogP contribution in [-0.4, -0.2) is 148 Å². The van der Waals surface area contributed by atoms with E-state index in [1.54, 1.807) is 9.13 Å². The van der Waals surface area contributed by atoms with Crippen LogP contribution >= 0.6 is 21.0 Å². The Labute approximate surface area is 430 Å². The Morgan fingerprint density at radius 2 is 1.33 bits per heavy atom. The van der Waals surface area contributed by atoms with Gasteiger partial charge in [0.05, 0.1) is 57.4 Å².